The number of benzene rings is 8. The molecule has 0 fully saturated rings. The third kappa shape index (κ3) is 19.7. The average molecular weight is 914 g/mol. The first kappa shape index (κ1) is 53.5. The van der Waals surface area contributed by atoms with E-state index in [9.17, 15) is 0 Å². The van der Waals surface area contributed by atoms with Crippen molar-refractivity contribution in [1.29, 1.82) is 0 Å². The lowest BCUT2D eigenvalue weighted by Gasteiger charge is -2.23. The van der Waals surface area contributed by atoms with E-state index in [-0.39, 0.29) is 2.85 Å². The SMILES string of the molecule is CCc1ccc(-c2ccccc2)cc1.CN(C)C.C[N+](C)(C)Cc1ccc(-c2ccccc2)cc1.Cc1ccc(-c2ccccc2)cc1CCl.Cc1ccc(-c2ccccc2)cc1CN(C)C.[HH].[HH]. The number of nitrogens with zero attached hydrogens (tertiary/aromatic N) is 3. The minimum absolute atomic E-state index is 0. The largest absolute Gasteiger partial charge is 0.327 e. The fraction of sp³-hybridized carbons (Fsp3) is 0.238. The van der Waals surface area contributed by atoms with Crippen LogP contribution < -0.4 is 0 Å². The van der Waals surface area contributed by atoms with Gasteiger partial charge in [0.1, 0.15) is 6.54 Å². The van der Waals surface area contributed by atoms with Crippen LogP contribution in [0.5, 0.6) is 0 Å². The van der Waals surface area contributed by atoms with Crippen molar-refractivity contribution >= 4 is 11.6 Å². The summed E-state index contributed by atoms with van der Waals surface area (Å²) < 4.78 is 0.963. The Balaban J connectivity index is 0.000000305. The van der Waals surface area contributed by atoms with E-state index in [1.807, 2.05) is 38.2 Å². The van der Waals surface area contributed by atoms with Crippen molar-refractivity contribution in [3.05, 3.63) is 240 Å². The Kier molecular flexibility index (Phi) is 22.5. The summed E-state index contributed by atoms with van der Waals surface area (Å²) in [5.74, 6) is 0.576. The number of aryl methyl sites for hydroxylation is 3. The Morgan fingerprint density at radius 3 is 1.03 bits per heavy atom. The van der Waals surface area contributed by atoms with Crippen LogP contribution in [0.3, 0.4) is 0 Å². The molecule has 4 heteroatoms. The lowest BCUT2D eigenvalue weighted by Crippen LogP contribution is -2.33. The van der Waals surface area contributed by atoms with Crippen molar-refractivity contribution in [1.82, 2.24) is 9.80 Å². The highest BCUT2D eigenvalue weighted by Crippen LogP contribution is 2.25. The van der Waals surface area contributed by atoms with E-state index >= 15 is 0 Å². The molecule has 8 aromatic carbocycles. The summed E-state index contributed by atoms with van der Waals surface area (Å²) in [6.07, 6.45) is 1.11. The summed E-state index contributed by atoms with van der Waals surface area (Å²) in [7, 11) is 16.9. The van der Waals surface area contributed by atoms with Gasteiger partial charge >= 0.3 is 0 Å². The molecule has 0 N–H and O–H groups in total. The van der Waals surface area contributed by atoms with Crippen molar-refractivity contribution in [2.75, 3.05) is 56.4 Å². The maximum atomic E-state index is 5.89. The number of rotatable bonds is 10. The molecule has 8 rings (SSSR count). The van der Waals surface area contributed by atoms with Crippen LogP contribution in [0.2, 0.25) is 0 Å². The molecule has 0 atom stereocenters. The second kappa shape index (κ2) is 28.2. The molecule has 67 heavy (non-hydrogen) atoms. The highest BCUT2D eigenvalue weighted by atomic mass is 35.5. The molecule has 0 bridgehead atoms. The summed E-state index contributed by atoms with van der Waals surface area (Å²) in [6.45, 7) is 8.50. The molecule has 0 aliphatic rings. The zero-order valence-corrected chi connectivity index (χ0v) is 42.9. The molecular weight excluding hydrogens is 834 g/mol. The van der Waals surface area contributed by atoms with Gasteiger partial charge in [-0.1, -0.05) is 201 Å². The first-order chi connectivity index (χ1) is 32.1. The van der Waals surface area contributed by atoms with Gasteiger partial charge in [0, 0.05) is 20.8 Å². The lowest BCUT2D eigenvalue weighted by atomic mass is 9.99. The van der Waals surface area contributed by atoms with E-state index in [0.717, 1.165) is 24.0 Å². The van der Waals surface area contributed by atoms with Gasteiger partial charge in [0.15, 0.2) is 0 Å². The number of hydrogen-bond donors (Lipinski definition) is 0. The van der Waals surface area contributed by atoms with Gasteiger partial charge < -0.3 is 14.3 Å². The van der Waals surface area contributed by atoms with Crippen molar-refractivity contribution < 1.29 is 7.34 Å². The minimum Gasteiger partial charge on any atom is -0.327 e. The van der Waals surface area contributed by atoms with E-state index in [4.69, 9.17) is 11.6 Å². The molecule has 0 aliphatic heterocycles. The maximum absolute atomic E-state index is 5.89. The molecule has 0 aliphatic carbocycles. The summed E-state index contributed by atoms with van der Waals surface area (Å²) in [5.41, 5.74) is 18.2. The third-order valence-corrected chi connectivity index (χ3v) is 11.0. The molecular formula is C63H79ClN3+. The van der Waals surface area contributed by atoms with Gasteiger partial charge in [-0.15, -0.1) is 11.6 Å². The first-order valence-electron chi connectivity index (χ1n) is 23.4. The van der Waals surface area contributed by atoms with Crippen LogP contribution in [-0.4, -0.2) is 70.7 Å². The summed E-state index contributed by atoms with van der Waals surface area (Å²) >= 11 is 5.89. The first-order valence-corrected chi connectivity index (χ1v) is 23.9. The van der Waals surface area contributed by atoms with E-state index in [1.165, 1.54) is 77.9 Å². The molecule has 8 aromatic rings. The molecule has 0 amide bonds. The van der Waals surface area contributed by atoms with Crippen LogP contribution in [0.4, 0.5) is 0 Å². The molecule has 0 saturated carbocycles. The number of alkyl halides is 1. The molecule has 0 saturated heterocycles. The highest BCUT2D eigenvalue weighted by molar-refractivity contribution is 6.17. The molecule has 0 heterocycles. The third-order valence-electron chi connectivity index (χ3n) is 10.7. The van der Waals surface area contributed by atoms with Crippen LogP contribution in [0, 0.1) is 13.8 Å². The van der Waals surface area contributed by atoms with Crippen LogP contribution in [0.25, 0.3) is 44.5 Å². The molecule has 3 nitrogen and oxygen atoms in total. The van der Waals surface area contributed by atoms with Gasteiger partial charge in [-0.2, -0.15) is 0 Å². The number of hydrogen-bond acceptors (Lipinski definition) is 2. The number of quaternary nitrogens is 1. The van der Waals surface area contributed by atoms with Crippen molar-refractivity contribution in [2.24, 2.45) is 0 Å². The van der Waals surface area contributed by atoms with Crippen LogP contribution in [0.15, 0.2) is 206 Å². The van der Waals surface area contributed by atoms with Crippen molar-refractivity contribution in [3.63, 3.8) is 0 Å². The van der Waals surface area contributed by atoms with Gasteiger partial charge in [0.25, 0.3) is 0 Å². The predicted molar refractivity (Wildman–Crippen MR) is 299 cm³/mol. The Labute approximate surface area is 413 Å². The summed E-state index contributed by atoms with van der Waals surface area (Å²) in [4.78, 5) is 4.21. The Morgan fingerprint density at radius 1 is 0.403 bits per heavy atom. The van der Waals surface area contributed by atoms with Gasteiger partial charge in [-0.25, -0.2) is 0 Å². The quantitative estimate of drug-likeness (QED) is 0.0996. The zero-order valence-electron chi connectivity index (χ0n) is 42.2. The molecule has 0 spiro atoms. The fourth-order valence-electron chi connectivity index (χ4n) is 7.16. The topological polar surface area (TPSA) is 6.48 Å². The summed E-state index contributed by atoms with van der Waals surface area (Å²) in [6, 6.07) is 72.6. The molecule has 352 valence electrons. The minimum atomic E-state index is 0. The highest BCUT2D eigenvalue weighted by Gasteiger charge is 2.09. The van der Waals surface area contributed by atoms with E-state index in [1.54, 1.807) is 0 Å². The van der Waals surface area contributed by atoms with Gasteiger partial charge in [-0.3, -0.25) is 0 Å². The fourth-order valence-corrected chi connectivity index (χ4v) is 7.45. The normalized spacial score (nSPS) is 10.6. The Hall–Kier alpha value is -6.07. The van der Waals surface area contributed by atoms with Crippen molar-refractivity contribution in [2.45, 2.75) is 46.2 Å². The standard InChI is InChI=1S/C16H20N.C16H19N.C14H13Cl.C14H14.C3H9N.2H2/c1-17(2,3)13-14-9-11-16(12-10-14)15-7-5-4-6-8-15;1-13-9-10-15(11-16(13)12-17(2)3)14-7-5-4-6-8-14;1-11-7-8-13(9-14(11)10-15)12-5-3-2-4-6-12;1-2-12-8-10-14(11-9-12)13-6-4-3-5-7-13;1-4(2)3;;/h4-12H,13H2,1-3H3;4-11H,12H2,1-3H3;2-9H,10H2,1H3;3-11H,2H2,1H3;1-3H3;2*1H/q+1;;;;;;. The molecule has 0 radical (unpaired) electrons. The predicted octanol–water partition coefficient (Wildman–Crippen LogP) is 16.3. The van der Waals surface area contributed by atoms with Gasteiger partial charge in [-0.05, 0) is 140 Å². The monoisotopic (exact) mass is 913 g/mol. The Morgan fingerprint density at radius 2 is 0.701 bits per heavy atom. The molecule has 0 unspecified atom stereocenters. The van der Waals surface area contributed by atoms with E-state index < -0.39 is 0 Å². The van der Waals surface area contributed by atoms with E-state index in [2.05, 4.69) is 255 Å². The second-order valence-corrected chi connectivity index (χ2v) is 18.9. The van der Waals surface area contributed by atoms with Crippen molar-refractivity contribution in [3.8, 4) is 44.5 Å². The molecule has 0 aromatic heterocycles. The van der Waals surface area contributed by atoms with Crippen LogP contribution >= 0.6 is 11.6 Å². The van der Waals surface area contributed by atoms with Crippen LogP contribution in [0.1, 0.15) is 43.2 Å². The lowest BCUT2D eigenvalue weighted by molar-refractivity contribution is -0.884. The Bertz CT molecular complexity index is 2570. The van der Waals surface area contributed by atoms with Gasteiger partial charge in [0.2, 0.25) is 0 Å². The van der Waals surface area contributed by atoms with E-state index in [0.29, 0.717) is 5.88 Å². The number of halogens is 1. The van der Waals surface area contributed by atoms with Gasteiger partial charge in [0.05, 0.1) is 21.1 Å². The average Bonchev–Trinajstić information content (AvgIpc) is 3.33. The zero-order chi connectivity index (χ0) is 48.6. The smallest absolute Gasteiger partial charge is 0.104 e. The second-order valence-electron chi connectivity index (χ2n) is 18.7. The summed E-state index contributed by atoms with van der Waals surface area (Å²) in [5, 5.41) is 0. The maximum Gasteiger partial charge on any atom is 0.104 e. The van der Waals surface area contributed by atoms with Crippen LogP contribution in [-0.2, 0) is 25.4 Å².